The molecule has 1 unspecified atom stereocenters. The van der Waals surface area contributed by atoms with Crippen LogP contribution in [0.1, 0.15) is 109 Å². The van der Waals surface area contributed by atoms with Gasteiger partial charge in [0.05, 0.1) is 18.7 Å². The van der Waals surface area contributed by atoms with Crippen molar-refractivity contribution in [2.45, 2.75) is 114 Å². The van der Waals surface area contributed by atoms with Gasteiger partial charge in [0.1, 0.15) is 36.0 Å². The van der Waals surface area contributed by atoms with E-state index in [4.69, 9.17) is 23.2 Å². The van der Waals surface area contributed by atoms with Crippen LogP contribution in [0.5, 0.6) is 17.4 Å². The number of likely N-dealkylation sites (tertiary alicyclic amines) is 1. The lowest BCUT2D eigenvalue weighted by Crippen LogP contribution is -2.68. The van der Waals surface area contributed by atoms with E-state index in [1.54, 1.807) is 19.3 Å². The number of nitrogens with zero attached hydrogens (tertiary/aromatic N) is 3. The number of hydrogen-bond donors (Lipinski definition) is 1. The van der Waals surface area contributed by atoms with Gasteiger partial charge in [-0.1, -0.05) is 93.6 Å². The fourth-order valence-corrected chi connectivity index (χ4v) is 12.2. The number of aliphatic hydroxyl groups excluding tert-OH is 1. The molecule has 2 saturated carbocycles. The molecular weight excluding hydrogens is 835 g/mol. The Bertz CT molecular complexity index is 2500. The first kappa shape index (κ1) is 44.9. The van der Waals surface area contributed by atoms with Crippen molar-refractivity contribution in [3.8, 4) is 17.4 Å². The minimum Gasteiger partial charge on any atom is -0.507 e. The van der Waals surface area contributed by atoms with Gasteiger partial charge in [-0.15, -0.1) is 13.2 Å². The zero-order valence-corrected chi connectivity index (χ0v) is 39.7. The maximum Gasteiger partial charge on any atom is 0.265 e. The SMILES string of the molecule is C=CCN(CC=C)[C@@H]1c2onc(OCc3ccccc3)c2C(=O)C2(O[Si](C)(C)C(C)(C)C)C(=O)C3=C(O)c4c(OCc5ccccc5)cc([C@@H]5CCCN5C5CC5)c(OC)c4C[C@H]3C[C@@H]12. The van der Waals surface area contributed by atoms with E-state index in [1.807, 2.05) is 66.7 Å². The molecule has 11 nitrogen and oxygen atoms in total. The third-order valence-electron chi connectivity index (χ3n) is 14.9. The molecule has 9 rings (SSSR count). The van der Waals surface area contributed by atoms with Crippen LogP contribution < -0.4 is 14.2 Å². The summed E-state index contributed by atoms with van der Waals surface area (Å²) < 4.78 is 33.2. The summed E-state index contributed by atoms with van der Waals surface area (Å²) in [5.41, 5.74) is 2.29. The molecular formula is C53H63N3O8Si. The number of carbonyl (C=O) groups is 2. The van der Waals surface area contributed by atoms with Gasteiger partial charge in [0.15, 0.2) is 19.7 Å². The number of aliphatic hydroxyl groups is 1. The number of fused-ring (bicyclic) bond motifs is 4. The van der Waals surface area contributed by atoms with E-state index in [9.17, 15) is 5.11 Å². The molecule has 12 heteroatoms. The summed E-state index contributed by atoms with van der Waals surface area (Å²) in [6.45, 7) is 20.8. The van der Waals surface area contributed by atoms with Gasteiger partial charge in [0.25, 0.3) is 5.88 Å². The topological polar surface area (TPSA) is 124 Å². The van der Waals surface area contributed by atoms with Crippen LogP contribution in [-0.4, -0.2) is 78.3 Å². The second-order valence-electron chi connectivity index (χ2n) is 20.0. The highest BCUT2D eigenvalue weighted by molar-refractivity contribution is 6.74. The van der Waals surface area contributed by atoms with E-state index >= 15 is 9.59 Å². The van der Waals surface area contributed by atoms with Gasteiger partial charge in [-0.2, -0.15) is 0 Å². The molecule has 65 heavy (non-hydrogen) atoms. The summed E-state index contributed by atoms with van der Waals surface area (Å²) in [6.07, 6.45) is 8.71. The molecule has 0 radical (unpaired) electrons. The van der Waals surface area contributed by atoms with Gasteiger partial charge in [0.2, 0.25) is 11.6 Å². The highest BCUT2D eigenvalue weighted by atomic mass is 28.4. The first-order valence-corrected chi connectivity index (χ1v) is 26.2. The van der Waals surface area contributed by atoms with E-state index in [0.717, 1.165) is 41.6 Å². The molecule has 5 aliphatic rings. The van der Waals surface area contributed by atoms with Crippen molar-refractivity contribution in [2.75, 3.05) is 26.7 Å². The Morgan fingerprint density at radius 2 is 1.58 bits per heavy atom. The third-order valence-corrected chi connectivity index (χ3v) is 19.4. The minimum absolute atomic E-state index is 0.00389. The van der Waals surface area contributed by atoms with Crippen molar-refractivity contribution in [3.63, 3.8) is 0 Å². The van der Waals surface area contributed by atoms with Crippen LogP contribution in [0, 0.1) is 11.8 Å². The van der Waals surface area contributed by atoms with Crippen LogP contribution in [0.2, 0.25) is 18.1 Å². The van der Waals surface area contributed by atoms with Crippen molar-refractivity contribution >= 4 is 25.6 Å². The Morgan fingerprint density at radius 1 is 0.938 bits per heavy atom. The van der Waals surface area contributed by atoms with Crippen LogP contribution in [0.3, 0.4) is 0 Å². The Kier molecular flexibility index (Phi) is 12.1. The smallest absolute Gasteiger partial charge is 0.265 e. The first-order valence-electron chi connectivity index (χ1n) is 23.3. The van der Waals surface area contributed by atoms with E-state index in [-0.39, 0.29) is 42.0 Å². The maximum atomic E-state index is 16.3. The zero-order chi connectivity index (χ0) is 45.8. The molecule has 1 aliphatic heterocycles. The van der Waals surface area contributed by atoms with Gasteiger partial charge < -0.3 is 28.3 Å². The lowest BCUT2D eigenvalue weighted by molar-refractivity contribution is -0.141. The average molecular weight is 898 g/mol. The van der Waals surface area contributed by atoms with Crippen molar-refractivity contribution in [1.29, 1.82) is 0 Å². The molecule has 0 amide bonds. The Labute approximate surface area is 384 Å². The number of carbonyl (C=O) groups excluding carboxylic acids is 2. The number of benzene rings is 3. The van der Waals surface area contributed by atoms with E-state index < -0.39 is 48.4 Å². The van der Waals surface area contributed by atoms with Crippen LogP contribution >= 0.6 is 0 Å². The Morgan fingerprint density at radius 3 is 2.18 bits per heavy atom. The van der Waals surface area contributed by atoms with Crippen LogP contribution in [-0.2, 0) is 28.9 Å². The average Bonchev–Trinajstić information content (AvgIpc) is 3.86. The zero-order valence-electron chi connectivity index (χ0n) is 38.7. The third kappa shape index (κ3) is 7.79. The molecule has 1 N–H and O–H groups in total. The summed E-state index contributed by atoms with van der Waals surface area (Å²) in [6, 6.07) is 21.6. The number of hydrogen-bond acceptors (Lipinski definition) is 11. The number of methoxy groups -OCH3 is 1. The number of Topliss-reactive ketones (excluding diaryl/α,β-unsaturated/α-hetero) is 2. The highest BCUT2D eigenvalue weighted by Crippen LogP contribution is 2.60. The predicted molar refractivity (Wildman–Crippen MR) is 253 cm³/mol. The van der Waals surface area contributed by atoms with Crippen molar-refractivity contribution in [3.05, 3.63) is 137 Å². The second kappa shape index (κ2) is 17.5. The number of rotatable bonds is 16. The van der Waals surface area contributed by atoms with Gasteiger partial charge >= 0.3 is 0 Å². The van der Waals surface area contributed by atoms with Crippen LogP contribution in [0.4, 0.5) is 0 Å². The fraction of sp³-hybridized carbons (Fsp3) is 0.453. The molecule has 0 spiro atoms. The first-order chi connectivity index (χ1) is 31.2. The number of ether oxygens (including phenoxy) is 3. The summed E-state index contributed by atoms with van der Waals surface area (Å²) in [4.78, 5) is 37.0. The molecule has 3 fully saturated rings. The summed E-state index contributed by atoms with van der Waals surface area (Å²) in [5, 5.41) is 17.0. The number of ketones is 2. The molecule has 4 aromatic rings. The molecule has 2 heterocycles. The van der Waals surface area contributed by atoms with Gasteiger partial charge in [-0.25, -0.2) is 0 Å². The van der Waals surface area contributed by atoms with Gasteiger partial charge in [-0.05, 0) is 91.5 Å². The van der Waals surface area contributed by atoms with Crippen molar-refractivity contribution in [2.24, 2.45) is 11.8 Å². The minimum atomic E-state index is -2.99. The molecule has 5 atom stereocenters. The molecule has 1 aromatic heterocycles. The largest absolute Gasteiger partial charge is 0.507 e. The Hall–Kier alpha value is -5.27. The van der Waals surface area contributed by atoms with E-state index in [1.165, 1.54) is 12.8 Å². The second-order valence-corrected chi connectivity index (χ2v) is 24.7. The normalized spacial score (nSPS) is 24.3. The summed E-state index contributed by atoms with van der Waals surface area (Å²) >= 11 is 0. The van der Waals surface area contributed by atoms with E-state index in [0.29, 0.717) is 54.8 Å². The molecule has 1 saturated heterocycles. The fourth-order valence-electron chi connectivity index (χ4n) is 10.8. The van der Waals surface area contributed by atoms with Gasteiger partial charge in [-0.3, -0.25) is 19.4 Å². The highest BCUT2D eigenvalue weighted by Gasteiger charge is 2.69. The molecule has 0 bridgehead atoms. The quantitative estimate of drug-likeness (QED) is 0.0657. The van der Waals surface area contributed by atoms with Crippen molar-refractivity contribution < 1.29 is 37.9 Å². The summed E-state index contributed by atoms with van der Waals surface area (Å²) in [7, 11) is -1.29. The molecule has 342 valence electrons. The Balaban J connectivity index is 1.25. The number of aromatic nitrogens is 1. The monoisotopic (exact) mass is 897 g/mol. The van der Waals surface area contributed by atoms with E-state index in [2.05, 4.69) is 62.0 Å². The standard InChI is InChI=1S/C53H63N3O8Si/c1-9-25-55(26-10-2)45-39-29-35-28-38-43(41(61-31-33-18-13-11-14-19-33)30-37(47(38)60-6)40-22-17-27-56(40)36-23-24-36)46(57)42(35)49(58)53(39,64-65(7,8)52(3,4)5)50(59)44-48(45)63-54-51(44)62-32-34-20-15-12-16-21-34/h9-16,18-21,30,35-36,39-40,45,57H,1-2,17,22-29,31-32H2,3-8H3/t35-,39-,40-,45-,53?/m0/s1. The lowest BCUT2D eigenvalue weighted by Gasteiger charge is -2.55. The summed E-state index contributed by atoms with van der Waals surface area (Å²) in [5.74, 6) is -1.07. The molecule has 3 aromatic carbocycles. The molecule has 4 aliphatic carbocycles. The van der Waals surface area contributed by atoms with Crippen molar-refractivity contribution in [1.82, 2.24) is 15.0 Å². The predicted octanol–water partition coefficient (Wildman–Crippen LogP) is 10.5. The maximum absolute atomic E-state index is 16.3. The lowest BCUT2D eigenvalue weighted by atomic mass is 9.57. The van der Waals surface area contributed by atoms with Gasteiger partial charge in [0, 0.05) is 47.8 Å². The van der Waals surface area contributed by atoms with Crippen LogP contribution in [0.15, 0.2) is 102 Å². The van der Waals surface area contributed by atoms with Crippen LogP contribution in [0.25, 0.3) is 5.76 Å².